The highest BCUT2D eigenvalue weighted by Gasteiger charge is 2.05. The fraction of sp³-hybridized carbons (Fsp3) is 0.364. The monoisotopic (exact) mass is 174 g/mol. The maximum Gasteiger partial charge on any atom is 0.0672 e. The van der Waals surface area contributed by atoms with E-state index >= 15 is 0 Å². The van der Waals surface area contributed by atoms with Gasteiger partial charge in [-0.25, -0.2) is 0 Å². The molecule has 0 aliphatic carbocycles. The lowest BCUT2D eigenvalue weighted by Crippen LogP contribution is -2.14. The van der Waals surface area contributed by atoms with E-state index in [0.717, 1.165) is 6.42 Å². The molecule has 0 saturated heterocycles. The van der Waals surface area contributed by atoms with Gasteiger partial charge < -0.3 is 5.73 Å². The number of nitrogens with zero attached hydrogens (tertiary/aromatic N) is 1. The van der Waals surface area contributed by atoms with Gasteiger partial charge in [0, 0.05) is 6.54 Å². The molecule has 0 heterocycles. The first-order valence-electron chi connectivity index (χ1n) is 4.41. The van der Waals surface area contributed by atoms with Gasteiger partial charge in [-0.05, 0) is 18.9 Å². The number of nitriles is 1. The van der Waals surface area contributed by atoms with Crippen molar-refractivity contribution in [2.75, 3.05) is 6.54 Å². The molecule has 0 amide bonds. The molecule has 0 aliphatic rings. The summed E-state index contributed by atoms with van der Waals surface area (Å²) in [5.74, 6) is -0.0539. The number of hydrogen-bond acceptors (Lipinski definition) is 2. The van der Waals surface area contributed by atoms with E-state index in [4.69, 9.17) is 11.0 Å². The first kappa shape index (κ1) is 9.76. The average molecular weight is 174 g/mol. The molecule has 0 bridgehead atoms. The van der Waals surface area contributed by atoms with Crippen molar-refractivity contribution < 1.29 is 0 Å². The zero-order valence-electron chi connectivity index (χ0n) is 7.83. The second-order valence-corrected chi connectivity index (χ2v) is 3.25. The molecule has 13 heavy (non-hydrogen) atoms. The molecule has 0 spiro atoms. The van der Waals surface area contributed by atoms with E-state index in [2.05, 4.69) is 12.1 Å². The Morgan fingerprint density at radius 2 is 2.31 bits per heavy atom. The largest absolute Gasteiger partial charge is 0.329 e. The van der Waals surface area contributed by atoms with E-state index in [9.17, 15) is 0 Å². The molecule has 0 radical (unpaired) electrons. The van der Waals surface area contributed by atoms with Gasteiger partial charge in [-0.15, -0.1) is 0 Å². The molecule has 1 aromatic carbocycles. The molecule has 2 nitrogen and oxygen atoms in total. The van der Waals surface area contributed by atoms with Crippen molar-refractivity contribution in [2.45, 2.75) is 13.3 Å². The summed E-state index contributed by atoms with van der Waals surface area (Å²) < 4.78 is 0. The van der Waals surface area contributed by atoms with Gasteiger partial charge >= 0.3 is 0 Å². The summed E-state index contributed by atoms with van der Waals surface area (Å²) in [5.41, 5.74) is 7.87. The van der Waals surface area contributed by atoms with Crippen molar-refractivity contribution in [3.8, 4) is 6.07 Å². The van der Waals surface area contributed by atoms with E-state index in [-0.39, 0.29) is 5.92 Å². The van der Waals surface area contributed by atoms with Crippen molar-refractivity contribution >= 4 is 0 Å². The van der Waals surface area contributed by atoms with E-state index in [1.807, 2.05) is 25.1 Å². The Kier molecular flexibility index (Phi) is 3.48. The standard InChI is InChI=1S/C11H14N2/c1-9-3-2-4-10(5-9)6-11(7-12)8-13/h2-5,11H,6-7,12H2,1H3. The van der Waals surface area contributed by atoms with Crippen LogP contribution in [0.3, 0.4) is 0 Å². The Morgan fingerprint density at radius 3 is 2.85 bits per heavy atom. The van der Waals surface area contributed by atoms with Gasteiger partial charge in [-0.2, -0.15) is 5.26 Å². The van der Waals surface area contributed by atoms with Crippen LogP contribution in [0.4, 0.5) is 0 Å². The third-order valence-corrected chi connectivity index (χ3v) is 2.03. The predicted octanol–water partition coefficient (Wildman–Crippen LogP) is 1.64. The molecule has 0 aromatic heterocycles. The predicted molar refractivity (Wildman–Crippen MR) is 53.0 cm³/mol. The second-order valence-electron chi connectivity index (χ2n) is 3.25. The van der Waals surface area contributed by atoms with Crippen molar-refractivity contribution in [1.82, 2.24) is 0 Å². The summed E-state index contributed by atoms with van der Waals surface area (Å²) in [6.45, 7) is 2.48. The topological polar surface area (TPSA) is 49.8 Å². The molecule has 1 atom stereocenters. The highest BCUT2D eigenvalue weighted by Crippen LogP contribution is 2.09. The summed E-state index contributed by atoms with van der Waals surface area (Å²) in [5, 5.41) is 8.73. The zero-order valence-corrected chi connectivity index (χ0v) is 7.83. The molecule has 1 aromatic rings. The molecule has 0 saturated carbocycles. The maximum absolute atomic E-state index is 8.73. The first-order valence-corrected chi connectivity index (χ1v) is 4.41. The molecule has 2 heteroatoms. The Balaban J connectivity index is 2.69. The van der Waals surface area contributed by atoms with Crippen LogP contribution in [0, 0.1) is 24.2 Å². The Hall–Kier alpha value is -1.33. The minimum atomic E-state index is -0.0539. The van der Waals surface area contributed by atoms with Crippen LogP contribution >= 0.6 is 0 Å². The first-order chi connectivity index (χ1) is 6.26. The summed E-state index contributed by atoms with van der Waals surface area (Å²) in [7, 11) is 0. The van der Waals surface area contributed by atoms with Gasteiger partial charge in [-0.3, -0.25) is 0 Å². The number of nitrogens with two attached hydrogens (primary N) is 1. The number of benzene rings is 1. The Morgan fingerprint density at radius 1 is 1.54 bits per heavy atom. The van der Waals surface area contributed by atoms with Gasteiger partial charge in [0.2, 0.25) is 0 Å². The van der Waals surface area contributed by atoms with Gasteiger partial charge in [0.15, 0.2) is 0 Å². The summed E-state index contributed by atoms with van der Waals surface area (Å²) in [6, 6.07) is 10.4. The maximum atomic E-state index is 8.73. The molecule has 0 fully saturated rings. The van der Waals surface area contributed by atoms with Crippen molar-refractivity contribution in [2.24, 2.45) is 11.7 Å². The summed E-state index contributed by atoms with van der Waals surface area (Å²) >= 11 is 0. The van der Waals surface area contributed by atoms with Crippen molar-refractivity contribution in [3.05, 3.63) is 35.4 Å². The van der Waals surface area contributed by atoms with E-state index in [0.29, 0.717) is 6.54 Å². The van der Waals surface area contributed by atoms with Gasteiger partial charge in [0.25, 0.3) is 0 Å². The molecular weight excluding hydrogens is 160 g/mol. The van der Waals surface area contributed by atoms with Crippen LogP contribution in [0.5, 0.6) is 0 Å². The molecule has 1 unspecified atom stereocenters. The number of hydrogen-bond donors (Lipinski definition) is 1. The van der Waals surface area contributed by atoms with Gasteiger partial charge in [-0.1, -0.05) is 29.8 Å². The van der Waals surface area contributed by atoms with E-state index in [1.165, 1.54) is 11.1 Å². The normalized spacial score (nSPS) is 12.1. The molecule has 68 valence electrons. The minimum Gasteiger partial charge on any atom is -0.329 e. The van der Waals surface area contributed by atoms with E-state index < -0.39 is 0 Å². The minimum absolute atomic E-state index is 0.0539. The van der Waals surface area contributed by atoms with Crippen LogP contribution < -0.4 is 5.73 Å². The van der Waals surface area contributed by atoms with Crippen molar-refractivity contribution in [1.29, 1.82) is 5.26 Å². The third kappa shape index (κ3) is 2.89. The third-order valence-electron chi connectivity index (χ3n) is 2.03. The number of aryl methyl sites for hydroxylation is 1. The fourth-order valence-electron chi connectivity index (χ4n) is 1.31. The Labute approximate surface area is 79.0 Å². The molecular formula is C11H14N2. The quantitative estimate of drug-likeness (QED) is 0.757. The molecule has 0 aliphatic heterocycles. The number of rotatable bonds is 3. The lowest BCUT2D eigenvalue weighted by atomic mass is 10.00. The SMILES string of the molecule is Cc1cccc(CC(C#N)CN)c1. The zero-order chi connectivity index (χ0) is 9.68. The fourth-order valence-corrected chi connectivity index (χ4v) is 1.31. The molecule has 1 rings (SSSR count). The van der Waals surface area contributed by atoms with Crippen LogP contribution in [0.1, 0.15) is 11.1 Å². The van der Waals surface area contributed by atoms with Crippen LogP contribution in [-0.2, 0) is 6.42 Å². The lowest BCUT2D eigenvalue weighted by molar-refractivity contribution is 0.673. The van der Waals surface area contributed by atoms with Crippen molar-refractivity contribution in [3.63, 3.8) is 0 Å². The van der Waals surface area contributed by atoms with Crippen LogP contribution in [0.2, 0.25) is 0 Å². The smallest absolute Gasteiger partial charge is 0.0672 e. The summed E-state index contributed by atoms with van der Waals surface area (Å²) in [6.07, 6.45) is 0.759. The Bertz CT molecular complexity index is 312. The second kappa shape index (κ2) is 4.64. The summed E-state index contributed by atoms with van der Waals surface area (Å²) in [4.78, 5) is 0. The highest BCUT2D eigenvalue weighted by atomic mass is 14.5. The van der Waals surface area contributed by atoms with Crippen LogP contribution in [0.15, 0.2) is 24.3 Å². The molecule has 2 N–H and O–H groups in total. The lowest BCUT2D eigenvalue weighted by Gasteiger charge is -2.05. The van der Waals surface area contributed by atoms with E-state index in [1.54, 1.807) is 0 Å². The average Bonchev–Trinajstić information content (AvgIpc) is 2.14. The van der Waals surface area contributed by atoms with Gasteiger partial charge in [0.1, 0.15) is 0 Å². The van der Waals surface area contributed by atoms with Crippen LogP contribution in [0.25, 0.3) is 0 Å². The van der Waals surface area contributed by atoms with Crippen LogP contribution in [-0.4, -0.2) is 6.54 Å². The van der Waals surface area contributed by atoms with Gasteiger partial charge in [0.05, 0.1) is 12.0 Å². The highest BCUT2D eigenvalue weighted by molar-refractivity contribution is 5.23.